The van der Waals surface area contributed by atoms with Crippen molar-refractivity contribution in [2.45, 2.75) is 19.9 Å². The molecule has 0 amide bonds. The highest BCUT2D eigenvalue weighted by atomic mass is 79.9. The Kier molecular flexibility index (Phi) is 3.38. The van der Waals surface area contributed by atoms with E-state index >= 15 is 0 Å². The Morgan fingerprint density at radius 1 is 1.29 bits per heavy atom. The van der Waals surface area contributed by atoms with E-state index in [1.165, 1.54) is 0 Å². The van der Waals surface area contributed by atoms with Crippen molar-refractivity contribution in [2.24, 2.45) is 0 Å². The highest BCUT2D eigenvalue weighted by molar-refractivity contribution is 9.10. The molecule has 0 unspecified atom stereocenters. The van der Waals surface area contributed by atoms with Gasteiger partial charge in [-0.2, -0.15) is 4.98 Å². The third-order valence-electron chi connectivity index (χ3n) is 2.27. The third-order valence-corrected chi connectivity index (χ3v) is 2.65. The summed E-state index contributed by atoms with van der Waals surface area (Å²) in [6.07, 6.45) is 1.88. The lowest BCUT2D eigenvalue weighted by Gasteiger charge is -2.11. The Morgan fingerprint density at radius 2 is 1.94 bits per heavy atom. The topological polar surface area (TPSA) is 47.3 Å². The second-order valence-electron chi connectivity index (χ2n) is 3.94. The van der Waals surface area contributed by atoms with Crippen LogP contribution in [0.15, 0.2) is 35.1 Å². The van der Waals surface area contributed by atoms with E-state index in [9.17, 15) is 5.11 Å². The first-order valence-corrected chi connectivity index (χ1v) is 6.07. The second kappa shape index (κ2) is 4.79. The summed E-state index contributed by atoms with van der Waals surface area (Å²) in [5.41, 5.74) is 0. The molecule has 0 radical (unpaired) electrons. The maximum atomic E-state index is 9.19. The van der Waals surface area contributed by atoms with Crippen molar-refractivity contribution >= 4 is 15.9 Å². The van der Waals surface area contributed by atoms with Gasteiger partial charge in [-0.25, -0.2) is 0 Å². The molecule has 17 heavy (non-hydrogen) atoms. The van der Waals surface area contributed by atoms with Gasteiger partial charge < -0.3 is 9.84 Å². The molecule has 0 fully saturated rings. The lowest BCUT2D eigenvalue weighted by molar-refractivity contribution is 0.394. The fourth-order valence-electron chi connectivity index (χ4n) is 1.41. The van der Waals surface area contributed by atoms with Crippen molar-refractivity contribution in [3.8, 4) is 17.5 Å². The Labute approximate surface area is 108 Å². The molecule has 0 aliphatic rings. The van der Waals surface area contributed by atoms with Gasteiger partial charge in [0.15, 0.2) is 0 Å². The fraction of sp³-hybridized carbons (Fsp3) is 0.250. The van der Waals surface area contributed by atoms with Crippen LogP contribution in [0.2, 0.25) is 0 Å². The Bertz CT molecular complexity index is 506. The summed E-state index contributed by atoms with van der Waals surface area (Å²) in [7, 11) is 0. The number of benzene rings is 1. The van der Waals surface area contributed by atoms with E-state index in [1.807, 2.05) is 10.8 Å². The van der Waals surface area contributed by atoms with Crippen LogP contribution >= 0.6 is 15.9 Å². The minimum atomic E-state index is 0.214. The number of halogens is 1. The Balaban J connectivity index is 2.26. The van der Waals surface area contributed by atoms with Gasteiger partial charge in [0, 0.05) is 12.2 Å². The highest BCUT2D eigenvalue weighted by Crippen LogP contribution is 2.26. The molecular formula is C12H13BrN2O2. The molecule has 0 saturated carbocycles. The molecule has 0 atom stereocenters. The smallest absolute Gasteiger partial charge is 0.303 e. The first-order valence-electron chi connectivity index (χ1n) is 5.27. The van der Waals surface area contributed by atoms with Gasteiger partial charge in [0.2, 0.25) is 0 Å². The third kappa shape index (κ3) is 2.79. The predicted octanol–water partition coefficient (Wildman–Crippen LogP) is 3.72. The summed E-state index contributed by atoms with van der Waals surface area (Å²) in [5, 5.41) is 9.19. The van der Waals surface area contributed by atoms with Crippen molar-refractivity contribution in [3.63, 3.8) is 0 Å². The number of imidazole rings is 1. The molecule has 0 bridgehead atoms. The van der Waals surface area contributed by atoms with Gasteiger partial charge >= 0.3 is 6.01 Å². The molecule has 0 saturated heterocycles. The zero-order valence-electron chi connectivity index (χ0n) is 9.59. The molecule has 0 spiro atoms. The molecule has 0 aliphatic heterocycles. The average Bonchev–Trinajstić information content (AvgIpc) is 2.63. The number of aromatic hydroxyl groups is 1. The first-order chi connectivity index (χ1) is 8.06. The maximum Gasteiger partial charge on any atom is 0.303 e. The predicted molar refractivity (Wildman–Crippen MR) is 68.5 cm³/mol. The number of rotatable bonds is 3. The molecule has 0 aliphatic carbocycles. The van der Waals surface area contributed by atoms with Crippen molar-refractivity contribution in [1.82, 2.24) is 9.55 Å². The van der Waals surface area contributed by atoms with Gasteiger partial charge in [-0.15, -0.1) is 0 Å². The van der Waals surface area contributed by atoms with Crippen LogP contribution in [0.4, 0.5) is 0 Å². The van der Waals surface area contributed by atoms with Crippen LogP contribution < -0.4 is 4.74 Å². The summed E-state index contributed by atoms with van der Waals surface area (Å²) in [6, 6.07) is 7.34. The van der Waals surface area contributed by atoms with Crippen LogP contribution in [0.3, 0.4) is 0 Å². The molecule has 5 heteroatoms. The van der Waals surface area contributed by atoms with Crippen LogP contribution in [0.25, 0.3) is 0 Å². The van der Waals surface area contributed by atoms with Crippen LogP contribution in [0.5, 0.6) is 17.5 Å². The largest absolute Gasteiger partial charge is 0.508 e. The number of phenols is 1. The molecule has 4 nitrogen and oxygen atoms in total. The van der Waals surface area contributed by atoms with Crippen LogP contribution in [0, 0.1) is 0 Å². The monoisotopic (exact) mass is 296 g/mol. The van der Waals surface area contributed by atoms with Gasteiger partial charge in [0.25, 0.3) is 0 Å². The van der Waals surface area contributed by atoms with Gasteiger partial charge in [0.05, 0.1) is 0 Å². The standard InChI is InChI=1S/C12H13BrN2O2/c1-8(2)15-7-11(13)14-12(15)17-10-5-3-9(16)4-6-10/h3-8,16H,1-2H3. The number of phenolic OH excluding ortho intramolecular Hbond substituents is 1. The second-order valence-corrected chi connectivity index (χ2v) is 4.76. The molecule has 90 valence electrons. The van der Waals surface area contributed by atoms with Crippen molar-refractivity contribution < 1.29 is 9.84 Å². The Hall–Kier alpha value is -1.49. The molecular weight excluding hydrogens is 284 g/mol. The van der Waals surface area contributed by atoms with Crippen LogP contribution in [0.1, 0.15) is 19.9 Å². The van der Waals surface area contributed by atoms with Gasteiger partial charge in [-0.05, 0) is 54.0 Å². The minimum Gasteiger partial charge on any atom is -0.508 e. The maximum absolute atomic E-state index is 9.19. The van der Waals surface area contributed by atoms with E-state index in [1.54, 1.807) is 24.3 Å². The van der Waals surface area contributed by atoms with Gasteiger partial charge in [0.1, 0.15) is 16.1 Å². The molecule has 2 aromatic rings. The van der Waals surface area contributed by atoms with Crippen molar-refractivity contribution in [1.29, 1.82) is 0 Å². The van der Waals surface area contributed by atoms with E-state index < -0.39 is 0 Å². The van der Waals surface area contributed by atoms with E-state index in [4.69, 9.17) is 4.74 Å². The summed E-state index contributed by atoms with van der Waals surface area (Å²) in [6.45, 7) is 4.11. The van der Waals surface area contributed by atoms with Gasteiger partial charge in [-0.3, -0.25) is 4.57 Å². The highest BCUT2D eigenvalue weighted by Gasteiger charge is 2.11. The molecule has 2 rings (SSSR count). The van der Waals surface area contributed by atoms with E-state index in [0.717, 1.165) is 4.60 Å². The minimum absolute atomic E-state index is 0.214. The van der Waals surface area contributed by atoms with E-state index in [-0.39, 0.29) is 11.8 Å². The zero-order valence-corrected chi connectivity index (χ0v) is 11.2. The molecule has 1 N–H and O–H groups in total. The molecule has 1 aromatic carbocycles. The lowest BCUT2D eigenvalue weighted by Crippen LogP contribution is -2.01. The Morgan fingerprint density at radius 3 is 2.53 bits per heavy atom. The number of nitrogens with zero attached hydrogens (tertiary/aromatic N) is 2. The van der Waals surface area contributed by atoms with Crippen molar-refractivity contribution in [3.05, 3.63) is 35.1 Å². The van der Waals surface area contributed by atoms with E-state index in [0.29, 0.717) is 11.8 Å². The normalized spacial score (nSPS) is 10.8. The summed E-state index contributed by atoms with van der Waals surface area (Å²) in [4.78, 5) is 4.24. The average molecular weight is 297 g/mol. The summed E-state index contributed by atoms with van der Waals surface area (Å²) in [5.74, 6) is 0.855. The fourth-order valence-corrected chi connectivity index (χ4v) is 1.79. The first kappa shape index (κ1) is 12.0. The van der Waals surface area contributed by atoms with Crippen molar-refractivity contribution in [2.75, 3.05) is 0 Å². The summed E-state index contributed by atoms with van der Waals surface area (Å²) >= 11 is 3.32. The van der Waals surface area contributed by atoms with Crippen LogP contribution in [-0.4, -0.2) is 14.7 Å². The molecule has 1 aromatic heterocycles. The number of aromatic nitrogens is 2. The van der Waals surface area contributed by atoms with Gasteiger partial charge in [-0.1, -0.05) is 0 Å². The SMILES string of the molecule is CC(C)n1cc(Br)nc1Oc1ccc(O)cc1. The number of ether oxygens (including phenoxy) is 1. The summed E-state index contributed by atoms with van der Waals surface area (Å²) < 4.78 is 8.32. The lowest BCUT2D eigenvalue weighted by atomic mass is 10.3. The number of hydrogen-bond acceptors (Lipinski definition) is 3. The zero-order chi connectivity index (χ0) is 12.4. The van der Waals surface area contributed by atoms with E-state index in [2.05, 4.69) is 34.8 Å². The quantitative estimate of drug-likeness (QED) is 0.939. The molecule has 1 heterocycles. The number of hydrogen-bond donors (Lipinski definition) is 1. The van der Waals surface area contributed by atoms with Crippen LogP contribution in [-0.2, 0) is 0 Å².